The third kappa shape index (κ3) is 1.93. The normalized spacial score (nSPS) is 12.3. The van der Waals surface area contributed by atoms with Crippen molar-refractivity contribution in [2.24, 2.45) is 0 Å². The van der Waals surface area contributed by atoms with Crippen LogP contribution in [0.1, 0.15) is 11.6 Å². The van der Waals surface area contributed by atoms with Gasteiger partial charge >= 0.3 is 5.97 Å². The zero-order valence-corrected chi connectivity index (χ0v) is 8.25. The van der Waals surface area contributed by atoms with E-state index in [1.165, 1.54) is 41.5 Å². The fourth-order valence-corrected chi connectivity index (χ4v) is 1.54. The third-order valence-electron chi connectivity index (χ3n) is 2.22. The average molecular weight is 220 g/mol. The lowest BCUT2D eigenvalue weighted by Crippen LogP contribution is -2.19. The van der Waals surface area contributed by atoms with Crippen LogP contribution >= 0.6 is 0 Å². The van der Waals surface area contributed by atoms with Gasteiger partial charge in [0.15, 0.2) is 6.04 Å². The first-order valence-corrected chi connectivity index (χ1v) is 4.64. The molecule has 1 atom stereocenters. The molecule has 0 aliphatic heterocycles. The number of benzene rings is 1. The summed E-state index contributed by atoms with van der Waals surface area (Å²) in [5.74, 6) is -1.51. The van der Waals surface area contributed by atoms with E-state index in [4.69, 9.17) is 5.11 Å². The lowest BCUT2D eigenvalue weighted by atomic mass is 10.1. The summed E-state index contributed by atoms with van der Waals surface area (Å²) in [5, 5.41) is 9.12. The highest BCUT2D eigenvalue weighted by molar-refractivity contribution is 5.76. The highest BCUT2D eigenvalue weighted by Crippen LogP contribution is 2.19. The Morgan fingerprint density at radius 1 is 1.50 bits per heavy atom. The molecule has 82 valence electrons. The van der Waals surface area contributed by atoms with Gasteiger partial charge in [-0.2, -0.15) is 0 Å². The van der Waals surface area contributed by atoms with E-state index in [1.807, 2.05) is 0 Å². The Morgan fingerprint density at radius 2 is 2.31 bits per heavy atom. The van der Waals surface area contributed by atoms with Crippen LogP contribution in [-0.2, 0) is 4.79 Å². The second-order valence-electron chi connectivity index (χ2n) is 3.31. The van der Waals surface area contributed by atoms with Crippen molar-refractivity contribution in [3.8, 4) is 0 Å². The molecule has 2 rings (SSSR count). The predicted octanol–water partition coefficient (Wildman–Crippen LogP) is 1.70. The number of aromatic nitrogens is 2. The van der Waals surface area contributed by atoms with Gasteiger partial charge in [-0.1, -0.05) is 12.1 Å². The first-order chi connectivity index (χ1) is 7.68. The molecule has 1 unspecified atom stereocenters. The molecule has 0 saturated carbocycles. The van der Waals surface area contributed by atoms with Crippen LogP contribution in [0.25, 0.3) is 0 Å². The van der Waals surface area contributed by atoms with Crippen LogP contribution in [0.2, 0.25) is 0 Å². The first kappa shape index (κ1) is 10.4. The number of nitrogens with zero attached hydrogens (tertiary/aromatic N) is 2. The summed E-state index contributed by atoms with van der Waals surface area (Å²) in [5.41, 5.74) is 0.380. The molecule has 0 spiro atoms. The molecule has 16 heavy (non-hydrogen) atoms. The van der Waals surface area contributed by atoms with E-state index >= 15 is 0 Å². The molecule has 0 saturated heterocycles. The summed E-state index contributed by atoms with van der Waals surface area (Å²) >= 11 is 0. The standard InChI is InChI=1S/C11H9FN2O2/c12-9-3-1-2-8(6-9)10(11(15)16)14-5-4-13-7-14/h1-7,10H,(H,15,16). The maximum atomic E-state index is 13.0. The minimum absolute atomic E-state index is 0.380. The summed E-state index contributed by atoms with van der Waals surface area (Å²) < 4.78 is 14.4. The summed E-state index contributed by atoms with van der Waals surface area (Å²) in [6, 6.07) is 4.59. The van der Waals surface area contributed by atoms with E-state index in [1.54, 1.807) is 6.07 Å². The van der Waals surface area contributed by atoms with Gasteiger partial charge < -0.3 is 9.67 Å². The monoisotopic (exact) mass is 220 g/mol. The second-order valence-corrected chi connectivity index (χ2v) is 3.31. The molecular weight excluding hydrogens is 211 g/mol. The highest BCUT2D eigenvalue weighted by Gasteiger charge is 2.21. The Kier molecular flexibility index (Phi) is 2.68. The van der Waals surface area contributed by atoms with Crippen LogP contribution in [0.4, 0.5) is 4.39 Å². The number of imidazole rings is 1. The maximum absolute atomic E-state index is 13.0. The molecule has 5 heteroatoms. The van der Waals surface area contributed by atoms with Crippen molar-refractivity contribution in [3.05, 3.63) is 54.4 Å². The van der Waals surface area contributed by atoms with E-state index in [9.17, 15) is 9.18 Å². The van der Waals surface area contributed by atoms with Crippen molar-refractivity contribution in [2.75, 3.05) is 0 Å². The number of hydrogen-bond donors (Lipinski definition) is 1. The lowest BCUT2D eigenvalue weighted by molar-refractivity contribution is -0.139. The van der Waals surface area contributed by atoms with Crippen molar-refractivity contribution in [1.29, 1.82) is 0 Å². The van der Waals surface area contributed by atoms with Gasteiger partial charge in [0.2, 0.25) is 0 Å². The van der Waals surface area contributed by atoms with E-state index in [0.717, 1.165) is 0 Å². The van der Waals surface area contributed by atoms with Crippen LogP contribution in [0.5, 0.6) is 0 Å². The summed E-state index contributed by atoms with van der Waals surface area (Å²) in [6.07, 6.45) is 4.41. The molecule has 1 aromatic heterocycles. The fraction of sp³-hybridized carbons (Fsp3) is 0.0909. The minimum atomic E-state index is -1.05. The van der Waals surface area contributed by atoms with Crippen LogP contribution in [0.3, 0.4) is 0 Å². The first-order valence-electron chi connectivity index (χ1n) is 4.64. The van der Waals surface area contributed by atoms with E-state index < -0.39 is 17.8 Å². The maximum Gasteiger partial charge on any atom is 0.331 e. The summed E-state index contributed by atoms with van der Waals surface area (Å²) in [7, 11) is 0. The molecular formula is C11H9FN2O2. The van der Waals surface area contributed by atoms with Gasteiger partial charge in [0, 0.05) is 12.4 Å². The third-order valence-corrected chi connectivity index (χ3v) is 2.22. The topological polar surface area (TPSA) is 55.1 Å². The number of rotatable bonds is 3. The molecule has 4 nitrogen and oxygen atoms in total. The van der Waals surface area contributed by atoms with Gasteiger partial charge in [0.25, 0.3) is 0 Å². The fourth-order valence-electron chi connectivity index (χ4n) is 1.54. The smallest absolute Gasteiger partial charge is 0.331 e. The number of halogens is 1. The van der Waals surface area contributed by atoms with Gasteiger partial charge in [-0.05, 0) is 17.7 Å². The highest BCUT2D eigenvalue weighted by atomic mass is 19.1. The van der Waals surface area contributed by atoms with Crippen LogP contribution < -0.4 is 0 Å². The van der Waals surface area contributed by atoms with Gasteiger partial charge in [0.05, 0.1) is 6.33 Å². The lowest BCUT2D eigenvalue weighted by Gasteiger charge is -2.13. The SMILES string of the molecule is O=C(O)C(c1cccc(F)c1)n1ccnc1. The Labute approximate surface area is 91.0 Å². The van der Waals surface area contributed by atoms with Crippen molar-refractivity contribution >= 4 is 5.97 Å². The van der Waals surface area contributed by atoms with Gasteiger partial charge in [-0.25, -0.2) is 14.2 Å². The van der Waals surface area contributed by atoms with Crippen molar-refractivity contribution in [2.45, 2.75) is 6.04 Å². The van der Waals surface area contributed by atoms with E-state index in [0.29, 0.717) is 5.56 Å². The van der Waals surface area contributed by atoms with E-state index in [2.05, 4.69) is 4.98 Å². The number of carbonyl (C=O) groups is 1. The predicted molar refractivity (Wildman–Crippen MR) is 54.4 cm³/mol. The Hall–Kier alpha value is -2.17. The zero-order valence-electron chi connectivity index (χ0n) is 8.25. The van der Waals surface area contributed by atoms with Gasteiger partial charge in [-0.15, -0.1) is 0 Å². The minimum Gasteiger partial charge on any atom is -0.479 e. The molecule has 0 aliphatic carbocycles. The molecule has 0 radical (unpaired) electrons. The van der Waals surface area contributed by atoms with Crippen molar-refractivity contribution < 1.29 is 14.3 Å². The average Bonchev–Trinajstić information content (AvgIpc) is 2.71. The van der Waals surface area contributed by atoms with Crippen LogP contribution in [0, 0.1) is 5.82 Å². The van der Waals surface area contributed by atoms with E-state index in [-0.39, 0.29) is 0 Å². The number of hydrogen-bond acceptors (Lipinski definition) is 2. The molecule has 0 fully saturated rings. The number of carboxylic acids is 1. The molecule has 0 amide bonds. The van der Waals surface area contributed by atoms with Crippen LogP contribution in [-0.4, -0.2) is 20.6 Å². The largest absolute Gasteiger partial charge is 0.479 e. The second kappa shape index (κ2) is 4.14. The molecule has 1 heterocycles. The summed E-state index contributed by atoms with van der Waals surface area (Å²) in [6.45, 7) is 0. The summed E-state index contributed by atoms with van der Waals surface area (Å²) in [4.78, 5) is 14.9. The molecule has 0 aliphatic rings. The van der Waals surface area contributed by atoms with Gasteiger partial charge in [-0.3, -0.25) is 0 Å². The molecule has 0 bridgehead atoms. The Morgan fingerprint density at radius 3 is 2.88 bits per heavy atom. The molecule has 1 N–H and O–H groups in total. The molecule has 2 aromatic rings. The van der Waals surface area contributed by atoms with Crippen molar-refractivity contribution in [1.82, 2.24) is 9.55 Å². The molecule has 1 aromatic carbocycles. The number of carboxylic acid groups (broad SMARTS) is 1. The quantitative estimate of drug-likeness (QED) is 0.856. The van der Waals surface area contributed by atoms with Crippen molar-refractivity contribution in [3.63, 3.8) is 0 Å². The van der Waals surface area contributed by atoms with Gasteiger partial charge in [0.1, 0.15) is 5.82 Å². The zero-order chi connectivity index (χ0) is 11.5. The Bertz CT molecular complexity index is 496. The Balaban J connectivity index is 2.45. The number of aliphatic carboxylic acids is 1. The van der Waals surface area contributed by atoms with Crippen LogP contribution in [0.15, 0.2) is 43.0 Å².